The molecule has 3 N–H and O–H groups in total. The van der Waals surface area contributed by atoms with Gasteiger partial charge in [-0.15, -0.1) is 0 Å². The Morgan fingerprint density at radius 1 is 1.10 bits per heavy atom. The quantitative estimate of drug-likeness (QED) is 0.516. The average molecular weight is 410 g/mol. The third kappa shape index (κ3) is 6.06. The largest absolute Gasteiger partial charge is 0.444 e. The smallest absolute Gasteiger partial charge is 0.408 e. The van der Waals surface area contributed by atoms with Crippen molar-refractivity contribution < 1.29 is 9.53 Å². The molecule has 5 nitrogen and oxygen atoms in total. The van der Waals surface area contributed by atoms with E-state index < -0.39 is 11.7 Å². The number of aromatic amines is 1. The number of carbonyl (C=O) groups excluding carboxylic acids is 1. The number of ether oxygens (including phenoxy) is 1. The fourth-order valence-corrected chi connectivity index (χ4v) is 3.30. The van der Waals surface area contributed by atoms with Crippen LogP contribution in [0.2, 0.25) is 0 Å². The zero-order valence-corrected chi connectivity index (χ0v) is 17.8. The molecule has 1 atom stereocenters. The van der Waals surface area contributed by atoms with Crippen molar-refractivity contribution in [2.24, 2.45) is 0 Å². The van der Waals surface area contributed by atoms with Gasteiger partial charge in [0.05, 0.1) is 11.0 Å². The summed E-state index contributed by atoms with van der Waals surface area (Å²) in [6, 6.07) is 17.7. The van der Waals surface area contributed by atoms with E-state index in [0.717, 1.165) is 22.0 Å². The summed E-state index contributed by atoms with van der Waals surface area (Å²) >= 11 is 5.64. The van der Waals surface area contributed by atoms with Crippen LogP contribution in [0.25, 0.3) is 10.9 Å². The summed E-state index contributed by atoms with van der Waals surface area (Å²) in [7, 11) is 0. The van der Waals surface area contributed by atoms with E-state index >= 15 is 0 Å². The number of aromatic nitrogens is 1. The second-order valence-corrected chi connectivity index (χ2v) is 8.41. The molecule has 3 rings (SSSR count). The van der Waals surface area contributed by atoms with Gasteiger partial charge in [-0.25, -0.2) is 4.79 Å². The molecule has 0 fully saturated rings. The molecule has 0 radical (unpaired) electrons. The summed E-state index contributed by atoms with van der Waals surface area (Å²) < 4.78 is 5.44. The molecule has 0 spiro atoms. The first-order valence-electron chi connectivity index (χ1n) is 9.68. The summed E-state index contributed by atoms with van der Waals surface area (Å²) in [4.78, 5) is 16.3. The molecule has 0 aliphatic carbocycles. The van der Waals surface area contributed by atoms with Gasteiger partial charge in [-0.05, 0) is 38.0 Å². The number of para-hydroxylation sites is 1. The Kier molecular flexibility index (Phi) is 6.54. The second-order valence-electron chi connectivity index (χ2n) is 7.97. The van der Waals surface area contributed by atoms with E-state index in [1.54, 1.807) is 0 Å². The normalized spacial score (nSPS) is 12.4. The Balaban J connectivity index is 1.75. The van der Waals surface area contributed by atoms with Gasteiger partial charge in [-0.1, -0.05) is 60.7 Å². The standard InChI is InChI=1S/C23H27N3O2S/c1-23(2,3)28-22(27)26-20(21(29)25-14-16-9-5-4-6-10-16)13-17-15-24-19-12-8-7-11-18(17)19/h4-12,15,20,24H,13-14H2,1-3H3,(H,25,29)(H,26,27)/t20-/m0/s1. The van der Waals surface area contributed by atoms with Crippen LogP contribution in [0.5, 0.6) is 0 Å². The van der Waals surface area contributed by atoms with Crippen LogP contribution in [-0.2, 0) is 17.7 Å². The van der Waals surface area contributed by atoms with Gasteiger partial charge in [-0.3, -0.25) is 0 Å². The third-order valence-electron chi connectivity index (χ3n) is 4.42. The second kappa shape index (κ2) is 9.09. The van der Waals surface area contributed by atoms with Crippen molar-refractivity contribution in [1.82, 2.24) is 15.6 Å². The van der Waals surface area contributed by atoms with Gasteiger partial charge in [-0.2, -0.15) is 0 Å². The number of amides is 1. The summed E-state index contributed by atoms with van der Waals surface area (Å²) in [6.45, 7) is 6.12. The Morgan fingerprint density at radius 2 is 1.79 bits per heavy atom. The maximum absolute atomic E-state index is 12.4. The molecule has 152 valence electrons. The Labute approximate surface area is 176 Å². The molecule has 29 heavy (non-hydrogen) atoms. The molecule has 0 bridgehead atoms. The number of nitrogens with one attached hydrogen (secondary N) is 3. The molecule has 1 heterocycles. The number of thiocarbonyl (C=S) groups is 1. The van der Waals surface area contributed by atoms with Crippen LogP contribution in [0.15, 0.2) is 60.8 Å². The van der Waals surface area contributed by atoms with Crippen LogP contribution < -0.4 is 10.6 Å². The zero-order valence-electron chi connectivity index (χ0n) is 17.0. The molecule has 3 aromatic rings. The lowest BCUT2D eigenvalue weighted by atomic mass is 10.0. The van der Waals surface area contributed by atoms with Crippen molar-refractivity contribution in [3.05, 3.63) is 71.9 Å². The van der Waals surface area contributed by atoms with E-state index in [4.69, 9.17) is 17.0 Å². The van der Waals surface area contributed by atoms with Gasteiger partial charge < -0.3 is 20.4 Å². The zero-order chi connectivity index (χ0) is 20.9. The molecular weight excluding hydrogens is 382 g/mol. The number of fused-ring (bicyclic) bond motifs is 1. The minimum Gasteiger partial charge on any atom is -0.444 e. The van der Waals surface area contributed by atoms with Crippen LogP contribution >= 0.6 is 12.2 Å². The molecule has 1 aromatic heterocycles. The van der Waals surface area contributed by atoms with Gasteiger partial charge in [0, 0.05) is 30.1 Å². The number of benzene rings is 2. The Bertz CT molecular complexity index is 976. The van der Waals surface area contributed by atoms with Crippen LogP contribution in [0, 0.1) is 0 Å². The number of H-pyrrole nitrogens is 1. The maximum atomic E-state index is 12.4. The number of rotatable bonds is 6. The predicted octanol–water partition coefficient (Wildman–Crippen LogP) is 4.72. The van der Waals surface area contributed by atoms with E-state index in [1.165, 1.54) is 0 Å². The molecule has 6 heteroatoms. The fraction of sp³-hybridized carbons (Fsp3) is 0.304. The molecule has 1 amide bonds. The first-order chi connectivity index (χ1) is 13.8. The minimum atomic E-state index is -0.575. The molecule has 2 aromatic carbocycles. The number of hydrogen-bond acceptors (Lipinski definition) is 3. The SMILES string of the molecule is CC(C)(C)OC(=O)N[C@@H](Cc1c[nH]c2ccccc12)C(=S)NCc1ccccc1. The lowest BCUT2D eigenvalue weighted by Gasteiger charge is -2.24. The monoisotopic (exact) mass is 409 g/mol. The Hall–Kier alpha value is -2.86. The molecular formula is C23H27N3O2S. The van der Waals surface area contributed by atoms with Gasteiger partial charge in [0.25, 0.3) is 0 Å². The summed E-state index contributed by atoms with van der Waals surface area (Å²) in [5, 5.41) is 7.33. The van der Waals surface area contributed by atoms with Crippen molar-refractivity contribution in [3.63, 3.8) is 0 Å². The summed E-state index contributed by atoms with van der Waals surface area (Å²) in [5.74, 6) is 0. The van der Waals surface area contributed by atoms with Gasteiger partial charge in [0.1, 0.15) is 5.60 Å². The molecule has 0 saturated carbocycles. The minimum absolute atomic E-state index is 0.386. The summed E-state index contributed by atoms with van der Waals surface area (Å²) in [6.07, 6.45) is 2.05. The highest BCUT2D eigenvalue weighted by Gasteiger charge is 2.23. The van der Waals surface area contributed by atoms with Gasteiger partial charge in [0.15, 0.2) is 0 Å². The van der Waals surface area contributed by atoms with Crippen LogP contribution in [-0.4, -0.2) is 27.7 Å². The molecule has 0 aliphatic heterocycles. The maximum Gasteiger partial charge on any atom is 0.408 e. The highest BCUT2D eigenvalue weighted by Crippen LogP contribution is 2.19. The average Bonchev–Trinajstić information content (AvgIpc) is 3.08. The van der Waals surface area contributed by atoms with E-state index in [9.17, 15) is 4.79 Å². The number of alkyl carbamates (subject to hydrolysis) is 1. The molecule has 0 saturated heterocycles. The van der Waals surface area contributed by atoms with Crippen molar-refractivity contribution in [2.45, 2.75) is 45.4 Å². The van der Waals surface area contributed by atoms with E-state index in [0.29, 0.717) is 18.0 Å². The number of carbonyl (C=O) groups is 1. The highest BCUT2D eigenvalue weighted by molar-refractivity contribution is 7.80. The Morgan fingerprint density at radius 3 is 2.52 bits per heavy atom. The first kappa shape index (κ1) is 20.9. The topological polar surface area (TPSA) is 66.1 Å². The highest BCUT2D eigenvalue weighted by atomic mass is 32.1. The van der Waals surface area contributed by atoms with Crippen molar-refractivity contribution in [3.8, 4) is 0 Å². The predicted molar refractivity (Wildman–Crippen MR) is 121 cm³/mol. The summed E-state index contributed by atoms with van der Waals surface area (Å²) in [5.41, 5.74) is 2.69. The van der Waals surface area contributed by atoms with Gasteiger partial charge in [0.2, 0.25) is 0 Å². The van der Waals surface area contributed by atoms with E-state index in [2.05, 4.69) is 21.7 Å². The van der Waals surface area contributed by atoms with E-state index in [1.807, 2.05) is 75.5 Å². The fourth-order valence-electron chi connectivity index (χ4n) is 3.09. The third-order valence-corrected chi connectivity index (χ3v) is 4.84. The van der Waals surface area contributed by atoms with Gasteiger partial charge >= 0.3 is 6.09 Å². The lowest BCUT2D eigenvalue weighted by Crippen LogP contribution is -2.48. The van der Waals surface area contributed by atoms with Crippen molar-refractivity contribution in [1.29, 1.82) is 0 Å². The van der Waals surface area contributed by atoms with E-state index in [-0.39, 0.29) is 6.04 Å². The van der Waals surface area contributed by atoms with Crippen LogP contribution in [0.4, 0.5) is 4.79 Å². The van der Waals surface area contributed by atoms with Crippen molar-refractivity contribution >= 4 is 34.2 Å². The van der Waals surface area contributed by atoms with Crippen LogP contribution in [0.3, 0.4) is 0 Å². The van der Waals surface area contributed by atoms with Crippen molar-refractivity contribution in [2.75, 3.05) is 0 Å². The first-order valence-corrected chi connectivity index (χ1v) is 10.1. The number of hydrogen-bond donors (Lipinski definition) is 3. The molecule has 0 unspecified atom stereocenters. The lowest BCUT2D eigenvalue weighted by molar-refractivity contribution is 0.0518. The van der Waals surface area contributed by atoms with Crippen LogP contribution in [0.1, 0.15) is 31.9 Å². The molecule has 0 aliphatic rings.